The van der Waals surface area contributed by atoms with Crippen molar-refractivity contribution in [3.05, 3.63) is 58.7 Å². The minimum Gasteiger partial charge on any atom is -0.496 e. The summed E-state index contributed by atoms with van der Waals surface area (Å²) < 4.78 is 10.6. The Morgan fingerprint density at radius 1 is 1.15 bits per heavy atom. The van der Waals surface area contributed by atoms with E-state index in [0.717, 1.165) is 5.56 Å². The van der Waals surface area contributed by atoms with E-state index in [9.17, 15) is 9.59 Å². The molecule has 0 radical (unpaired) electrons. The normalized spacial score (nSPS) is 11.5. The predicted octanol–water partition coefficient (Wildman–Crippen LogP) is 3.27. The predicted molar refractivity (Wildman–Crippen MR) is 97.9 cm³/mol. The first-order valence-electron chi connectivity index (χ1n) is 8.23. The van der Waals surface area contributed by atoms with Crippen LogP contribution in [0.3, 0.4) is 0 Å². The number of aliphatic carboxylic acids is 1. The van der Waals surface area contributed by atoms with Crippen LogP contribution in [0, 0.1) is 13.8 Å². The average molecular weight is 357 g/mol. The van der Waals surface area contributed by atoms with Gasteiger partial charge in [-0.15, -0.1) is 0 Å². The molecule has 0 saturated carbocycles. The molecule has 0 aromatic heterocycles. The zero-order chi connectivity index (χ0) is 19.3. The molecular formula is C20H23NO5. The second-order valence-electron chi connectivity index (χ2n) is 6.06. The van der Waals surface area contributed by atoms with Crippen molar-refractivity contribution in [1.82, 2.24) is 5.32 Å². The molecule has 0 aliphatic rings. The lowest BCUT2D eigenvalue weighted by molar-refractivity contribution is -0.139. The number of hydrogen-bond acceptors (Lipinski definition) is 4. The molecule has 1 atom stereocenters. The third-order valence-electron chi connectivity index (χ3n) is 4.02. The highest BCUT2D eigenvalue weighted by Crippen LogP contribution is 2.27. The van der Waals surface area contributed by atoms with Crippen LogP contribution < -0.4 is 14.8 Å². The number of aryl methyl sites for hydroxylation is 2. The summed E-state index contributed by atoms with van der Waals surface area (Å²) in [5.74, 6) is -0.0672. The highest BCUT2D eigenvalue weighted by atomic mass is 16.5. The Hall–Kier alpha value is -3.02. The van der Waals surface area contributed by atoms with E-state index in [-0.39, 0.29) is 11.9 Å². The van der Waals surface area contributed by atoms with E-state index in [2.05, 4.69) is 5.32 Å². The maximum absolute atomic E-state index is 12.6. The Morgan fingerprint density at radius 2 is 1.77 bits per heavy atom. The van der Waals surface area contributed by atoms with Crippen LogP contribution in [0.5, 0.6) is 11.5 Å². The van der Waals surface area contributed by atoms with Gasteiger partial charge in [-0.05, 0) is 50.1 Å². The molecule has 2 aromatic carbocycles. The molecule has 0 spiro atoms. The summed E-state index contributed by atoms with van der Waals surface area (Å²) in [5.41, 5.74) is 2.80. The Morgan fingerprint density at radius 3 is 2.35 bits per heavy atom. The first-order chi connectivity index (χ1) is 12.3. The molecule has 0 aliphatic carbocycles. The van der Waals surface area contributed by atoms with E-state index in [1.807, 2.05) is 31.2 Å². The van der Waals surface area contributed by atoms with Gasteiger partial charge in [0.15, 0.2) is 6.61 Å². The van der Waals surface area contributed by atoms with E-state index >= 15 is 0 Å². The summed E-state index contributed by atoms with van der Waals surface area (Å²) in [4.78, 5) is 23.3. The van der Waals surface area contributed by atoms with Crippen LogP contribution in [0.2, 0.25) is 0 Å². The van der Waals surface area contributed by atoms with Gasteiger partial charge in [0, 0.05) is 11.1 Å². The number of amides is 1. The van der Waals surface area contributed by atoms with E-state index in [0.29, 0.717) is 28.2 Å². The van der Waals surface area contributed by atoms with E-state index < -0.39 is 12.6 Å². The van der Waals surface area contributed by atoms with Gasteiger partial charge in [-0.25, -0.2) is 4.79 Å². The maximum atomic E-state index is 12.6. The number of carbonyl (C=O) groups is 2. The van der Waals surface area contributed by atoms with Crippen LogP contribution in [0.1, 0.15) is 40.0 Å². The molecule has 2 aromatic rings. The quantitative estimate of drug-likeness (QED) is 0.794. The lowest BCUT2D eigenvalue weighted by Crippen LogP contribution is -2.27. The topological polar surface area (TPSA) is 84.9 Å². The fraction of sp³-hybridized carbons (Fsp3) is 0.300. The van der Waals surface area contributed by atoms with Gasteiger partial charge in [0.2, 0.25) is 0 Å². The lowest BCUT2D eigenvalue weighted by Gasteiger charge is -2.18. The summed E-state index contributed by atoms with van der Waals surface area (Å²) in [6.45, 7) is 5.03. The number of carboxylic acids is 1. The molecule has 2 N–H and O–H groups in total. The van der Waals surface area contributed by atoms with Crippen molar-refractivity contribution in [2.24, 2.45) is 0 Å². The van der Waals surface area contributed by atoms with Crippen LogP contribution in [-0.2, 0) is 4.79 Å². The van der Waals surface area contributed by atoms with Crippen molar-refractivity contribution >= 4 is 11.9 Å². The maximum Gasteiger partial charge on any atom is 0.341 e. The summed E-state index contributed by atoms with van der Waals surface area (Å²) in [6.07, 6.45) is 0. The first kappa shape index (κ1) is 19.3. The Bertz CT molecular complexity index is 793. The molecule has 0 saturated heterocycles. The third-order valence-corrected chi connectivity index (χ3v) is 4.02. The molecule has 1 amide bonds. The number of hydrogen-bond donors (Lipinski definition) is 2. The fourth-order valence-electron chi connectivity index (χ4n) is 2.82. The van der Waals surface area contributed by atoms with Crippen molar-refractivity contribution in [3.8, 4) is 11.5 Å². The van der Waals surface area contributed by atoms with Crippen molar-refractivity contribution in [2.75, 3.05) is 13.7 Å². The largest absolute Gasteiger partial charge is 0.496 e. The van der Waals surface area contributed by atoms with Gasteiger partial charge in [-0.3, -0.25) is 4.79 Å². The minimum atomic E-state index is -1.05. The Kier molecular flexibility index (Phi) is 6.22. The standard InChI is InChI=1S/C20H23NO5/c1-12-9-15(10-13(2)19(12)26-11-18(22)23)20(24)21-14(3)16-7-5-6-8-17(16)25-4/h5-10,14H,11H2,1-4H3,(H,21,24)(H,22,23). The molecule has 0 fully saturated rings. The monoisotopic (exact) mass is 357 g/mol. The third kappa shape index (κ3) is 4.53. The van der Waals surface area contributed by atoms with Gasteiger partial charge in [0.25, 0.3) is 5.91 Å². The number of rotatable bonds is 7. The zero-order valence-corrected chi connectivity index (χ0v) is 15.3. The molecular weight excluding hydrogens is 334 g/mol. The smallest absolute Gasteiger partial charge is 0.341 e. The fourth-order valence-corrected chi connectivity index (χ4v) is 2.82. The molecule has 0 aliphatic heterocycles. The van der Waals surface area contributed by atoms with Gasteiger partial charge >= 0.3 is 5.97 Å². The molecule has 6 heteroatoms. The molecule has 26 heavy (non-hydrogen) atoms. The van der Waals surface area contributed by atoms with Crippen molar-refractivity contribution in [3.63, 3.8) is 0 Å². The van der Waals surface area contributed by atoms with E-state index in [1.165, 1.54) is 0 Å². The van der Waals surface area contributed by atoms with Gasteiger partial charge in [-0.2, -0.15) is 0 Å². The van der Waals surface area contributed by atoms with Crippen LogP contribution in [0.4, 0.5) is 0 Å². The van der Waals surface area contributed by atoms with Crippen LogP contribution in [0.15, 0.2) is 36.4 Å². The average Bonchev–Trinajstić information content (AvgIpc) is 2.60. The number of ether oxygens (including phenoxy) is 2. The SMILES string of the molecule is COc1ccccc1C(C)NC(=O)c1cc(C)c(OCC(=O)O)c(C)c1. The van der Waals surface area contributed by atoms with Crippen LogP contribution in [0.25, 0.3) is 0 Å². The van der Waals surface area contributed by atoms with Crippen LogP contribution in [-0.4, -0.2) is 30.7 Å². The van der Waals surface area contributed by atoms with Crippen molar-refractivity contribution in [2.45, 2.75) is 26.8 Å². The Balaban J connectivity index is 2.18. The van der Waals surface area contributed by atoms with E-state index in [1.54, 1.807) is 33.1 Å². The number of carboxylic acid groups (broad SMARTS) is 1. The van der Waals surface area contributed by atoms with Gasteiger partial charge in [0.05, 0.1) is 13.2 Å². The minimum absolute atomic E-state index is 0.223. The van der Waals surface area contributed by atoms with Crippen molar-refractivity contribution < 1.29 is 24.2 Å². The van der Waals surface area contributed by atoms with Crippen LogP contribution >= 0.6 is 0 Å². The Labute approximate surface area is 152 Å². The van der Waals surface area contributed by atoms with Crippen molar-refractivity contribution in [1.29, 1.82) is 0 Å². The summed E-state index contributed by atoms with van der Waals surface area (Å²) in [5, 5.41) is 11.7. The number of carbonyl (C=O) groups excluding carboxylic acids is 1. The van der Waals surface area contributed by atoms with Gasteiger partial charge in [-0.1, -0.05) is 18.2 Å². The number of para-hydroxylation sites is 1. The molecule has 1 unspecified atom stereocenters. The molecule has 0 bridgehead atoms. The zero-order valence-electron chi connectivity index (χ0n) is 15.3. The summed E-state index contributed by atoms with van der Waals surface area (Å²) >= 11 is 0. The second kappa shape index (κ2) is 8.38. The van der Waals surface area contributed by atoms with E-state index in [4.69, 9.17) is 14.6 Å². The number of benzene rings is 2. The number of nitrogens with one attached hydrogen (secondary N) is 1. The summed E-state index contributed by atoms with van der Waals surface area (Å²) in [7, 11) is 1.59. The van der Waals surface area contributed by atoms with Gasteiger partial charge < -0.3 is 19.9 Å². The number of methoxy groups -OCH3 is 1. The molecule has 6 nitrogen and oxygen atoms in total. The summed E-state index contributed by atoms with van der Waals surface area (Å²) in [6, 6.07) is 10.7. The highest BCUT2D eigenvalue weighted by Gasteiger charge is 2.17. The first-order valence-corrected chi connectivity index (χ1v) is 8.23. The lowest BCUT2D eigenvalue weighted by atomic mass is 10.0. The molecule has 2 rings (SSSR count). The second-order valence-corrected chi connectivity index (χ2v) is 6.06. The molecule has 138 valence electrons. The highest BCUT2D eigenvalue weighted by molar-refractivity contribution is 5.95. The molecule has 0 heterocycles. The van der Waals surface area contributed by atoms with Gasteiger partial charge in [0.1, 0.15) is 11.5 Å².